The van der Waals surface area contributed by atoms with Crippen molar-refractivity contribution in [3.05, 3.63) is 38.9 Å². The molecule has 1 aliphatic heterocycles. The Balaban J connectivity index is 2.13. The molecule has 1 aliphatic rings. The number of non-ortho nitro benzene ring substituents is 1. The van der Waals surface area contributed by atoms with Crippen molar-refractivity contribution >= 4 is 29.1 Å². The van der Waals surface area contributed by atoms with E-state index in [9.17, 15) is 19.7 Å². The highest BCUT2D eigenvalue weighted by Crippen LogP contribution is 2.23. The number of likely N-dealkylation sites (N-methyl/N-ethyl adjacent to an activating group) is 1. The normalized spacial score (nSPS) is 16.4. The average molecular weight is 383 g/mol. The van der Waals surface area contributed by atoms with Crippen LogP contribution in [0.1, 0.15) is 24.2 Å². The van der Waals surface area contributed by atoms with Gasteiger partial charge in [-0.25, -0.2) is 0 Å². The van der Waals surface area contributed by atoms with Crippen LogP contribution in [0.15, 0.2) is 18.2 Å². The SMILES string of the molecule is CC(C)C(NC(=O)c1ccc([N+](=O)[O-])cc1Cl)C(=O)N1CCN(C)CC1. The number of amides is 2. The second-order valence-electron chi connectivity index (χ2n) is 6.74. The van der Waals surface area contributed by atoms with Crippen LogP contribution < -0.4 is 5.32 Å². The smallest absolute Gasteiger partial charge is 0.270 e. The van der Waals surface area contributed by atoms with E-state index in [1.54, 1.807) is 4.90 Å². The Morgan fingerprint density at radius 2 is 1.85 bits per heavy atom. The molecule has 0 saturated carbocycles. The Labute approximate surface area is 157 Å². The number of rotatable bonds is 5. The topological polar surface area (TPSA) is 95.8 Å². The summed E-state index contributed by atoms with van der Waals surface area (Å²) in [6, 6.07) is 2.96. The van der Waals surface area contributed by atoms with E-state index in [1.807, 2.05) is 20.9 Å². The lowest BCUT2D eigenvalue weighted by Gasteiger charge is -2.35. The van der Waals surface area contributed by atoms with E-state index in [0.717, 1.165) is 19.2 Å². The molecule has 8 nitrogen and oxygen atoms in total. The zero-order chi connectivity index (χ0) is 19.4. The zero-order valence-corrected chi connectivity index (χ0v) is 15.8. The summed E-state index contributed by atoms with van der Waals surface area (Å²) in [5.74, 6) is -0.756. The van der Waals surface area contributed by atoms with Gasteiger partial charge in [0.05, 0.1) is 15.5 Å². The molecule has 2 rings (SSSR count). The quantitative estimate of drug-likeness (QED) is 0.618. The molecular formula is C17H23ClN4O4. The lowest BCUT2D eigenvalue weighted by molar-refractivity contribution is -0.384. The first-order valence-corrected chi connectivity index (χ1v) is 8.80. The minimum absolute atomic E-state index is 0.0220. The van der Waals surface area contributed by atoms with Gasteiger partial charge in [0.15, 0.2) is 0 Å². The number of carbonyl (C=O) groups is 2. The lowest BCUT2D eigenvalue weighted by atomic mass is 10.0. The van der Waals surface area contributed by atoms with E-state index in [1.165, 1.54) is 12.1 Å². The Morgan fingerprint density at radius 1 is 1.23 bits per heavy atom. The van der Waals surface area contributed by atoms with Gasteiger partial charge in [0, 0.05) is 38.3 Å². The number of piperazine rings is 1. The van der Waals surface area contributed by atoms with E-state index in [0.29, 0.717) is 13.1 Å². The van der Waals surface area contributed by atoms with Crippen molar-refractivity contribution in [2.75, 3.05) is 33.2 Å². The van der Waals surface area contributed by atoms with E-state index in [4.69, 9.17) is 11.6 Å². The molecule has 1 aromatic carbocycles. The number of nitro benzene ring substituents is 1. The summed E-state index contributed by atoms with van der Waals surface area (Å²) in [5.41, 5.74) is -0.0884. The largest absolute Gasteiger partial charge is 0.340 e. The van der Waals surface area contributed by atoms with Gasteiger partial charge in [0.1, 0.15) is 6.04 Å². The monoisotopic (exact) mass is 382 g/mol. The predicted molar refractivity (Wildman–Crippen MR) is 98.3 cm³/mol. The van der Waals surface area contributed by atoms with Gasteiger partial charge < -0.3 is 15.1 Å². The molecule has 1 saturated heterocycles. The summed E-state index contributed by atoms with van der Waals surface area (Å²) in [6.45, 7) is 6.53. The number of carbonyl (C=O) groups excluding carboxylic acids is 2. The fraction of sp³-hybridized carbons (Fsp3) is 0.529. The number of nitro groups is 1. The van der Waals surface area contributed by atoms with Crippen LogP contribution in [0, 0.1) is 16.0 Å². The standard InChI is InChI=1S/C17H23ClN4O4/c1-11(2)15(17(24)21-8-6-20(3)7-9-21)19-16(23)13-5-4-12(22(25)26)10-14(13)18/h4-5,10-11,15H,6-9H2,1-3H3,(H,19,23). The maximum Gasteiger partial charge on any atom is 0.270 e. The predicted octanol–water partition coefficient (Wildman–Crippen LogP) is 1.78. The zero-order valence-electron chi connectivity index (χ0n) is 15.1. The summed E-state index contributed by atoms with van der Waals surface area (Å²) in [5, 5.41) is 13.5. The van der Waals surface area contributed by atoms with Gasteiger partial charge in [-0.05, 0) is 19.0 Å². The summed E-state index contributed by atoms with van der Waals surface area (Å²) >= 11 is 6.01. The van der Waals surface area contributed by atoms with E-state index in [-0.39, 0.29) is 28.1 Å². The van der Waals surface area contributed by atoms with Crippen LogP contribution in [0.25, 0.3) is 0 Å². The van der Waals surface area contributed by atoms with Gasteiger partial charge in [0.2, 0.25) is 5.91 Å². The minimum Gasteiger partial charge on any atom is -0.340 e. The molecule has 0 bridgehead atoms. The number of halogens is 1. The van der Waals surface area contributed by atoms with Crippen LogP contribution in [0.2, 0.25) is 5.02 Å². The Bertz CT molecular complexity index is 702. The number of benzene rings is 1. The molecule has 1 aromatic rings. The number of hydrogen-bond acceptors (Lipinski definition) is 5. The van der Waals surface area contributed by atoms with E-state index < -0.39 is 16.9 Å². The summed E-state index contributed by atoms with van der Waals surface area (Å²) in [4.78, 5) is 39.5. The third-order valence-electron chi connectivity index (χ3n) is 4.44. The second kappa shape index (κ2) is 8.46. The summed E-state index contributed by atoms with van der Waals surface area (Å²) in [6.07, 6.45) is 0. The van der Waals surface area contributed by atoms with Crippen LogP contribution in [0.4, 0.5) is 5.69 Å². The molecule has 1 unspecified atom stereocenters. The molecule has 0 aliphatic carbocycles. The van der Waals surface area contributed by atoms with Gasteiger partial charge in [-0.3, -0.25) is 19.7 Å². The van der Waals surface area contributed by atoms with Crippen molar-refractivity contribution in [1.82, 2.24) is 15.1 Å². The molecule has 9 heteroatoms. The fourth-order valence-electron chi connectivity index (χ4n) is 2.76. The highest BCUT2D eigenvalue weighted by atomic mass is 35.5. The molecule has 0 spiro atoms. The van der Waals surface area contributed by atoms with Crippen LogP contribution in [0.3, 0.4) is 0 Å². The van der Waals surface area contributed by atoms with E-state index in [2.05, 4.69) is 10.2 Å². The molecule has 142 valence electrons. The first-order valence-electron chi connectivity index (χ1n) is 8.43. The van der Waals surface area contributed by atoms with Gasteiger partial charge in [-0.2, -0.15) is 0 Å². The van der Waals surface area contributed by atoms with Gasteiger partial charge in [-0.15, -0.1) is 0 Å². The second-order valence-corrected chi connectivity index (χ2v) is 7.15. The van der Waals surface area contributed by atoms with Gasteiger partial charge in [0.25, 0.3) is 11.6 Å². The number of hydrogen-bond donors (Lipinski definition) is 1. The highest BCUT2D eigenvalue weighted by molar-refractivity contribution is 6.34. The van der Waals surface area contributed by atoms with Crippen LogP contribution in [-0.2, 0) is 4.79 Å². The molecule has 1 heterocycles. The third-order valence-corrected chi connectivity index (χ3v) is 4.76. The Kier molecular flexibility index (Phi) is 6.55. The molecule has 1 fully saturated rings. The van der Waals surface area contributed by atoms with Crippen molar-refractivity contribution in [2.45, 2.75) is 19.9 Å². The van der Waals surface area contributed by atoms with Crippen molar-refractivity contribution in [2.24, 2.45) is 5.92 Å². The first kappa shape index (κ1) is 20.1. The molecule has 0 aromatic heterocycles. The first-order chi connectivity index (χ1) is 12.2. The Hall–Kier alpha value is -2.19. The van der Waals surface area contributed by atoms with Crippen LogP contribution in [-0.4, -0.2) is 65.8 Å². The van der Waals surface area contributed by atoms with Crippen molar-refractivity contribution < 1.29 is 14.5 Å². The molecule has 2 amide bonds. The maximum absolute atomic E-state index is 12.8. The highest BCUT2D eigenvalue weighted by Gasteiger charge is 2.31. The molecule has 26 heavy (non-hydrogen) atoms. The third kappa shape index (κ3) is 4.70. The maximum atomic E-state index is 12.8. The molecule has 1 N–H and O–H groups in total. The molecule has 0 radical (unpaired) electrons. The molecular weight excluding hydrogens is 360 g/mol. The van der Waals surface area contributed by atoms with Crippen molar-refractivity contribution in [3.63, 3.8) is 0 Å². The van der Waals surface area contributed by atoms with Gasteiger partial charge >= 0.3 is 0 Å². The lowest BCUT2D eigenvalue weighted by Crippen LogP contribution is -2.55. The number of nitrogens with one attached hydrogen (secondary N) is 1. The van der Waals surface area contributed by atoms with Crippen LogP contribution in [0.5, 0.6) is 0 Å². The van der Waals surface area contributed by atoms with Crippen molar-refractivity contribution in [1.29, 1.82) is 0 Å². The minimum atomic E-state index is -0.683. The fourth-order valence-corrected chi connectivity index (χ4v) is 3.02. The van der Waals surface area contributed by atoms with Crippen LogP contribution >= 0.6 is 11.6 Å². The summed E-state index contributed by atoms with van der Waals surface area (Å²) < 4.78 is 0. The molecule has 1 atom stereocenters. The number of nitrogens with zero attached hydrogens (tertiary/aromatic N) is 3. The average Bonchev–Trinajstić information content (AvgIpc) is 2.59. The van der Waals surface area contributed by atoms with Crippen molar-refractivity contribution in [3.8, 4) is 0 Å². The Morgan fingerprint density at radius 3 is 2.35 bits per heavy atom. The van der Waals surface area contributed by atoms with Gasteiger partial charge in [-0.1, -0.05) is 25.4 Å². The summed E-state index contributed by atoms with van der Waals surface area (Å²) in [7, 11) is 2.00. The van der Waals surface area contributed by atoms with E-state index >= 15 is 0 Å².